The van der Waals surface area contributed by atoms with Gasteiger partial charge in [0, 0.05) is 28.7 Å². The SMILES string of the molecule is [C-]1=C(c2ccccc2)C2C=CC=CC2=[NH+]C1c1ccccc1.[Fe]. The molecule has 0 fully saturated rings. The van der Waals surface area contributed by atoms with Crippen LogP contribution in [0, 0.1) is 12.0 Å². The van der Waals surface area contributed by atoms with Crippen molar-refractivity contribution in [2.45, 2.75) is 6.04 Å². The van der Waals surface area contributed by atoms with E-state index in [1.807, 2.05) is 6.07 Å². The van der Waals surface area contributed by atoms with E-state index >= 15 is 0 Å². The van der Waals surface area contributed by atoms with Crippen LogP contribution in [0.5, 0.6) is 0 Å². The summed E-state index contributed by atoms with van der Waals surface area (Å²) in [5.74, 6) is 0.271. The molecular weight excluding hydrogens is 322 g/mol. The smallest absolute Gasteiger partial charge is 0.182 e. The Balaban J connectivity index is 0.00000156. The summed E-state index contributed by atoms with van der Waals surface area (Å²) in [5, 5.41) is 0. The van der Waals surface area contributed by atoms with E-state index in [1.165, 1.54) is 22.4 Å². The van der Waals surface area contributed by atoms with Crippen LogP contribution in [0.2, 0.25) is 0 Å². The second kappa shape index (κ2) is 6.95. The fourth-order valence-corrected chi connectivity index (χ4v) is 3.07. The van der Waals surface area contributed by atoms with Crippen LogP contribution in [0.1, 0.15) is 17.2 Å². The van der Waals surface area contributed by atoms with Gasteiger partial charge in [-0.2, -0.15) is 17.2 Å². The molecule has 2 atom stereocenters. The van der Waals surface area contributed by atoms with Gasteiger partial charge in [-0.15, -0.1) is 12.1 Å². The minimum absolute atomic E-state index is 0. The first-order valence-electron chi connectivity index (χ1n) is 7.64. The van der Waals surface area contributed by atoms with Gasteiger partial charge in [-0.25, -0.2) is 0 Å². The molecule has 1 nitrogen and oxygen atoms in total. The molecule has 0 saturated heterocycles. The molecule has 1 aliphatic carbocycles. The van der Waals surface area contributed by atoms with Crippen LogP contribution < -0.4 is 4.99 Å². The molecule has 0 spiro atoms. The van der Waals surface area contributed by atoms with Crippen molar-refractivity contribution >= 4 is 11.3 Å². The zero-order valence-corrected chi connectivity index (χ0v) is 13.7. The number of benzene rings is 2. The van der Waals surface area contributed by atoms with Crippen LogP contribution in [0.25, 0.3) is 5.57 Å². The van der Waals surface area contributed by atoms with Gasteiger partial charge in [-0.1, -0.05) is 66.8 Å². The Morgan fingerprint density at radius 2 is 1.52 bits per heavy atom. The summed E-state index contributed by atoms with van der Waals surface area (Å²) in [5.41, 5.74) is 4.98. The molecule has 1 aliphatic heterocycles. The fraction of sp³-hybridized carbons (Fsp3) is 0.0952. The first-order chi connectivity index (χ1) is 10.9. The Morgan fingerprint density at radius 1 is 0.826 bits per heavy atom. The van der Waals surface area contributed by atoms with Gasteiger partial charge in [0.25, 0.3) is 0 Å². The zero-order chi connectivity index (χ0) is 14.8. The number of nitrogens with one attached hydrogen (secondary N) is 1. The molecule has 0 amide bonds. The number of allylic oxidation sites excluding steroid dienone is 5. The molecule has 23 heavy (non-hydrogen) atoms. The van der Waals surface area contributed by atoms with Crippen LogP contribution in [-0.4, -0.2) is 5.71 Å². The Kier molecular flexibility index (Phi) is 4.76. The molecule has 2 aromatic rings. The summed E-state index contributed by atoms with van der Waals surface area (Å²) >= 11 is 0. The molecule has 0 bridgehead atoms. The Morgan fingerprint density at radius 3 is 2.26 bits per heavy atom. The van der Waals surface area contributed by atoms with Gasteiger partial charge < -0.3 is 0 Å². The second-order valence-electron chi connectivity index (χ2n) is 5.59. The summed E-state index contributed by atoms with van der Waals surface area (Å²) in [6, 6.07) is 21.2. The molecule has 1 N–H and O–H groups in total. The molecule has 1 heterocycles. The zero-order valence-electron chi connectivity index (χ0n) is 12.6. The molecule has 0 aromatic heterocycles. The minimum atomic E-state index is 0. The minimum Gasteiger partial charge on any atom is -0.251 e. The first kappa shape index (κ1) is 15.7. The molecule has 2 aromatic carbocycles. The average molecular weight is 339 g/mol. The number of hydrogen-bond acceptors (Lipinski definition) is 0. The summed E-state index contributed by atoms with van der Waals surface area (Å²) < 4.78 is 0. The largest absolute Gasteiger partial charge is 0.251 e. The molecule has 4 rings (SSSR count). The van der Waals surface area contributed by atoms with Crippen molar-refractivity contribution < 1.29 is 22.1 Å². The fourth-order valence-electron chi connectivity index (χ4n) is 3.07. The summed E-state index contributed by atoms with van der Waals surface area (Å²) in [6.45, 7) is 0. The van der Waals surface area contributed by atoms with Crippen LogP contribution in [-0.2, 0) is 17.1 Å². The molecule has 0 saturated carbocycles. The van der Waals surface area contributed by atoms with Crippen molar-refractivity contribution in [3.63, 3.8) is 0 Å². The van der Waals surface area contributed by atoms with E-state index in [-0.39, 0.29) is 29.0 Å². The molecule has 2 aliphatic rings. The van der Waals surface area contributed by atoms with Crippen molar-refractivity contribution in [2.75, 3.05) is 0 Å². The van der Waals surface area contributed by atoms with Crippen LogP contribution in [0.3, 0.4) is 0 Å². The van der Waals surface area contributed by atoms with Gasteiger partial charge >= 0.3 is 0 Å². The van der Waals surface area contributed by atoms with Crippen LogP contribution >= 0.6 is 0 Å². The predicted molar refractivity (Wildman–Crippen MR) is 90.0 cm³/mol. The van der Waals surface area contributed by atoms with E-state index in [4.69, 9.17) is 0 Å². The third kappa shape index (κ3) is 3.14. The molecule has 2 heteroatoms. The van der Waals surface area contributed by atoms with Gasteiger partial charge in [0.1, 0.15) is 6.04 Å². The van der Waals surface area contributed by atoms with E-state index < -0.39 is 0 Å². The summed E-state index contributed by atoms with van der Waals surface area (Å²) in [6.07, 6.45) is 12.3. The third-order valence-corrected chi connectivity index (χ3v) is 4.17. The van der Waals surface area contributed by atoms with E-state index in [1.54, 1.807) is 0 Å². The van der Waals surface area contributed by atoms with Crippen LogP contribution in [0.4, 0.5) is 0 Å². The normalized spacial score (nSPS) is 21.7. The maximum absolute atomic E-state index is 3.68. The molecule has 0 radical (unpaired) electrons. The monoisotopic (exact) mass is 339 g/mol. The van der Waals surface area contributed by atoms with Gasteiger partial charge in [0.05, 0.1) is 5.92 Å². The maximum Gasteiger partial charge on any atom is 0.182 e. The van der Waals surface area contributed by atoms with Gasteiger partial charge in [-0.3, -0.25) is 4.99 Å². The van der Waals surface area contributed by atoms with E-state index in [9.17, 15) is 0 Å². The summed E-state index contributed by atoms with van der Waals surface area (Å²) in [7, 11) is 0. The van der Waals surface area contributed by atoms with Gasteiger partial charge in [0.2, 0.25) is 0 Å². The van der Waals surface area contributed by atoms with E-state index in [0.717, 1.165) is 0 Å². The van der Waals surface area contributed by atoms with Crippen molar-refractivity contribution in [3.8, 4) is 0 Å². The van der Waals surface area contributed by atoms with E-state index in [2.05, 4.69) is 90.0 Å². The maximum atomic E-state index is 3.68. The van der Waals surface area contributed by atoms with Gasteiger partial charge in [0.15, 0.2) is 5.71 Å². The van der Waals surface area contributed by atoms with E-state index in [0.29, 0.717) is 0 Å². The standard InChI is InChI=1S/C21H16N.Fe/c1-3-9-16(10-4-1)19-15-21(17-11-5-2-6-12-17)22-20-14-8-7-13-18(19)20;/h1-14,18,21H;/q-1;/p+1. The Bertz CT molecular complexity index is 785. The van der Waals surface area contributed by atoms with Crippen molar-refractivity contribution in [1.82, 2.24) is 0 Å². The number of rotatable bonds is 2. The Hall–Kier alpha value is -2.15. The second-order valence-corrected chi connectivity index (χ2v) is 5.59. The number of fused-ring (bicyclic) bond motifs is 1. The van der Waals surface area contributed by atoms with Crippen molar-refractivity contribution in [2.24, 2.45) is 5.92 Å². The van der Waals surface area contributed by atoms with Gasteiger partial charge in [-0.05, 0) is 0 Å². The third-order valence-electron chi connectivity index (χ3n) is 4.17. The quantitative estimate of drug-likeness (QED) is 0.639. The van der Waals surface area contributed by atoms with Crippen molar-refractivity contribution in [1.29, 1.82) is 0 Å². The van der Waals surface area contributed by atoms with Crippen LogP contribution in [0.15, 0.2) is 85.0 Å². The molecule has 114 valence electrons. The number of hydrogen-bond donors (Lipinski definition) is 1. The van der Waals surface area contributed by atoms with Crippen molar-refractivity contribution in [3.05, 3.63) is 102 Å². The topological polar surface area (TPSA) is 14.0 Å². The molecule has 2 unspecified atom stereocenters. The Labute approximate surface area is 147 Å². The predicted octanol–water partition coefficient (Wildman–Crippen LogP) is 2.89. The molecular formula is C21H17FeN. The first-order valence-corrected chi connectivity index (χ1v) is 7.64. The summed E-state index contributed by atoms with van der Waals surface area (Å²) in [4.78, 5) is 3.62. The average Bonchev–Trinajstić information content (AvgIpc) is 2.62.